The number of benzene rings is 3. The van der Waals surface area contributed by atoms with Crippen LogP contribution in [-0.4, -0.2) is 25.0 Å². The van der Waals surface area contributed by atoms with Crippen LogP contribution in [0.1, 0.15) is 43.2 Å². The molecule has 4 aromatic rings. The van der Waals surface area contributed by atoms with Crippen molar-refractivity contribution in [2.75, 3.05) is 29.2 Å². The first-order valence-corrected chi connectivity index (χ1v) is 14.0. The van der Waals surface area contributed by atoms with Crippen LogP contribution in [0.2, 0.25) is 0 Å². The van der Waals surface area contributed by atoms with Crippen molar-refractivity contribution in [3.63, 3.8) is 0 Å². The van der Waals surface area contributed by atoms with Gasteiger partial charge >= 0.3 is 0 Å². The molecule has 5 nitrogen and oxygen atoms in total. The van der Waals surface area contributed by atoms with E-state index in [4.69, 9.17) is 0 Å². The molecule has 1 amide bonds. The Balaban J connectivity index is 1.36. The van der Waals surface area contributed by atoms with Crippen molar-refractivity contribution < 1.29 is 4.79 Å². The Morgan fingerprint density at radius 3 is 2.21 bits per heavy atom. The molecule has 0 spiro atoms. The van der Waals surface area contributed by atoms with Crippen molar-refractivity contribution in [1.82, 2.24) is 4.98 Å². The molecule has 1 aliphatic rings. The van der Waals surface area contributed by atoms with Crippen LogP contribution < -0.4 is 15.1 Å². The van der Waals surface area contributed by atoms with Gasteiger partial charge in [0.2, 0.25) is 5.91 Å². The summed E-state index contributed by atoms with van der Waals surface area (Å²) in [6.45, 7) is 1.24. The van der Waals surface area contributed by atoms with Gasteiger partial charge in [-0.15, -0.1) is 0 Å². The number of hydrogen-bond acceptors (Lipinski definition) is 4. The summed E-state index contributed by atoms with van der Waals surface area (Å²) in [5.74, 6) is 0.336. The molecule has 0 bridgehead atoms. The van der Waals surface area contributed by atoms with Crippen LogP contribution in [0, 0.1) is 5.92 Å². The fraction of sp³-hybridized carbons (Fsp3) is 0.294. The molecule has 0 unspecified atom stereocenters. The first kappa shape index (κ1) is 26.5. The molecular formula is C34H38N4O. The van der Waals surface area contributed by atoms with Crippen molar-refractivity contribution >= 4 is 23.0 Å². The number of pyridine rings is 1. The zero-order valence-electron chi connectivity index (χ0n) is 23.0. The van der Waals surface area contributed by atoms with E-state index in [1.165, 1.54) is 23.2 Å². The maximum atomic E-state index is 13.9. The second-order valence-corrected chi connectivity index (χ2v) is 10.7. The van der Waals surface area contributed by atoms with Gasteiger partial charge in [-0.3, -0.25) is 9.78 Å². The maximum absolute atomic E-state index is 13.9. The summed E-state index contributed by atoms with van der Waals surface area (Å²) in [6, 6.07) is 29.5. The molecular weight excluding hydrogens is 480 g/mol. The van der Waals surface area contributed by atoms with Gasteiger partial charge in [0.15, 0.2) is 0 Å². The Hall–Kier alpha value is -4.12. The largest absolute Gasteiger partial charge is 0.381 e. The lowest BCUT2D eigenvalue weighted by molar-refractivity contribution is -0.123. The lowest BCUT2D eigenvalue weighted by atomic mass is 9.88. The Morgan fingerprint density at radius 1 is 0.821 bits per heavy atom. The maximum Gasteiger partial charge on any atom is 0.230 e. The van der Waals surface area contributed by atoms with E-state index in [9.17, 15) is 4.79 Å². The predicted molar refractivity (Wildman–Crippen MR) is 162 cm³/mol. The van der Waals surface area contributed by atoms with Gasteiger partial charge in [-0.1, -0.05) is 67.8 Å². The van der Waals surface area contributed by atoms with Gasteiger partial charge in [0.05, 0.1) is 6.54 Å². The Kier molecular flexibility index (Phi) is 8.57. The van der Waals surface area contributed by atoms with Gasteiger partial charge in [-0.2, -0.15) is 0 Å². The summed E-state index contributed by atoms with van der Waals surface area (Å²) in [7, 11) is 4.10. The Bertz CT molecular complexity index is 1340. The number of anilines is 3. The van der Waals surface area contributed by atoms with Crippen molar-refractivity contribution in [2.24, 2.45) is 5.92 Å². The molecule has 39 heavy (non-hydrogen) atoms. The van der Waals surface area contributed by atoms with E-state index >= 15 is 0 Å². The third-order valence-corrected chi connectivity index (χ3v) is 7.61. The Labute approximate surface area is 232 Å². The highest BCUT2D eigenvalue weighted by atomic mass is 16.2. The molecule has 3 aromatic carbocycles. The monoisotopic (exact) mass is 518 g/mol. The minimum Gasteiger partial charge on any atom is -0.381 e. The first-order valence-electron chi connectivity index (χ1n) is 14.0. The molecule has 1 saturated carbocycles. The zero-order valence-corrected chi connectivity index (χ0v) is 23.0. The molecule has 1 heterocycles. The minimum absolute atomic E-state index is 0.0974. The van der Waals surface area contributed by atoms with Crippen molar-refractivity contribution in [3.05, 3.63) is 108 Å². The number of nitrogens with one attached hydrogen (secondary N) is 1. The fourth-order valence-corrected chi connectivity index (χ4v) is 5.29. The number of nitrogens with zero attached hydrogens (tertiary/aromatic N) is 3. The number of amides is 1. The van der Waals surface area contributed by atoms with Crippen LogP contribution in [0.5, 0.6) is 0 Å². The smallest absolute Gasteiger partial charge is 0.230 e. The second kappa shape index (κ2) is 12.6. The number of hydrogen-bond donors (Lipinski definition) is 1. The zero-order chi connectivity index (χ0) is 27.0. The highest BCUT2D eigenvalue weighted by Gasteiger charge is 2.27. The van der Waals surface area contributed by atoms with E-state index in [0.29, 0.717) is 13.1 Å². The third-order valence-electron chi connectivity index (χ3n) is 7.61. The van der Waals surface area contributed by atoms with Gasteiger partial charge in [0.1, 0.15) is 0 Å². The lowest BCUT2D eigenvalue weighted by Gasteiger charge is -2.30. The van der Waals surface area contributed by atoms with Crippen LogP contribution in [-0.2, 0) is 17.9 Å². The molecule has 0 aliphatic heterocycles. The first-order chi connectivity index (χ1) is 19.1. The fourth-order valence-electron chi connectivity index (χ4n) is 5.29. The summed E-state index contributed by atoms with van der Waals surface area (Å²) >= 11 is 0. The van der Waals surface area contributed by atoms with E-state index < -0.39 is 0 Å². The molecule has 1 N–H and O–H groups in total. The molecule has 5 rings (SSSR count). The third kappa shape index (κ3) is 6.85. The number of rotatable bonds is 9. The van der Waals surface area contributed by atoms with Crippen molar-refractivity contribution in [3.8, 4) is 11.1 Å². The Morgan fingerprint density at radius 2 is 1.54 bits per heavy atom. The van der Waals surface area contributed by atoms with Gasteiger partial charge in [-0.25, -0.2) is 0 Å². The standard InChI is InChI=1S/C34H38N4O/c1-37(2)32-19-17-29(18-20-32)28-15-13-26(14-16-28)25-38(34(39)30-9-4-3-5-10-30)33-12-6-11-31(22-33)36-24-27-8-7-21-35-23-27/h6-8,11-23,30,36H,3-5,9-10,24-25H2,1-2H3. The van der Waals surface area contributed by atoms with Gasteiger partial charge in [-0.05, 0) is 71.5 Å². The average molecular weight is 519 g/mol. The molecule has 0 saturated heterocycles. The van der Waals surface area contributed by atoms with Crippen LogP contribution >= 0.6 is 0 Å². The number of carbonyl (C=O) groups is 1. The summed E-state index contributed by atoms with van der Waals surface area (Å²) < 4.78 is 0. The lowest BCUT2D eigenvalue weighted by Crippen LogP contribution is -2.36. The summed E-state index contributed by atoms with van der Waals surface area (Å²) in [6.07, 6.45) is 9.12. The minimum atomic E-state index is 0.0974. The normalized spacial score (nSPS) is 13.6. The van der Waals surface area contributed by atoms with E-state index in [1.807, 2.05) is 23.2 Å². The molecule has 0 atom stereocenters. The summed E-state index contributed by atoms with van der Waals surface area (Å²) in [5.41, 5.74) is 7.73. The average Bonchev–Trinajstić information content (AvgIpc) is 3.00. The van der Waals surface area contributed by atoms with Gasteiger partial charge < -0.3 is 15.1 Å². The second-order valence-electron chi connectivity index (χ2n) is 10.7. The van der Waals surface area contributed by atoms with E-state index in [1.54, 1.807) is 6.20 Å². The topological polar surface area (TPSA) is 48.5 Å². The van der Waals surface area contributed by atoms with Gasteiger partial charge in [0, 0.05) is 56.0 Å². The van der Waals surface area contributed by atoms with Crippen molar-refractivity contribution in [2.45, 2.75) is 45.2 Å². The molecule has 0 radical (unpaired) electrons. The van der Waals surface area contributed by atoms with Crippen LogP contribution in [0.4, 0.5) is 17.1 Å². The highest BCUT2D eigenvalue weighted by Crippen LogP contribution is 2.30. The molecule has 200 valence electrons. The van der Waals surface area contributed by atoms with E-state index in [0.717, 1.165) is 48.2 Å². The summed E-state index contributed by atoms with van der Waals surface area (Å²) in [4.78, 5) is 22.2. The van der Waals surface area contributed by atoms with Gasteiger partial charge in [0.25, 0.3) is 0 Å². The molecule has 1 fully saturated rings. The highest BCUT2D eigenvalue weighted by molar-refractivity contribution is 5.95. The number of aromatic nitrogens is 1. The predicted octanol–water partition coefficient (Wildman–Crippen LogP) is 7.54. The molecule has 5 heteroatoms. The van der Waals surface area contributed by atoms with E-state index in [-0.39, 0.29) is 11.8 Å². The SMILES string of the molecule is CN(C)c1ccc(-c2ccc(CN(C(=O)C3CCCCC3)c3cccc(NCc4cccnc4)c3)cc2)cc1. The summed E-state index contributed by atoms with van der Waals surface area (Å²) in [5, 5.41) is 3.49. The quantitative estimate of drug-likeness (QED) is 0.249. The van der Waals surface area contributed by atoms with Crippen LogP contribution in [0.3, 0.4) is 0 Å². The van der Waals surface area contributed by atoms with Crippen LogP contribution in [0.15, 0.2) is 97.3 Å². The van der Waals surface area contributed by atoms with E-state index in [2.05, 4.69) is 102 Å². The van der Waals surface area contributed by atoms with Crippen molar-refractivity contribution in [1.29, 1.82) is 0 Å². The molecule has 1 aliphatic carbocycles. The van der Waals surface area contributed by atoms with Crippen LogP contribution in [0.25, 0.3) is 11.1 Å². The molecule has 1 aromatic heterocycles. The number of carbonyl (C=O) groups excluding carboxylic acids is 1.